The summed E-state index contributed by atoms with van der Waals surface area (Å²) in [6.07, 6.45) is 8.18. The van der Waals surface area contributed by atoms with Crippen LogP contribution < -0.4 is 15.4 Å². The average Bonchev–Trinajstić information content (AvgIpc) is 3.09. The molecule has 0 spiro atoms. The standard InChI is InChI=1S/C17H15N7O/c1-25-14-5-12-8-19-7-11(12)4-13(14)23-15-6-16(22-10-21-15)24-17-9-18-2-3-20-17/h2-7,9-10H,8H2,1H3,(H2,20,21,22,23,24). The minimum Gasteiger partial charge on any atom is -0.495 e. The van der Waals surface area contributed by atoms with Crippen molar-refractivity contribution in [2.24, 2.45) is 4.99 Å². The van der Waals surface area contributed by atoms with Crippen molar-refractivity contribution >= 4 is 29.4 Å². The summed E-state index contributed by atoms with van der Waals surface area (Å²) in [4.78, 5) is 20.9. The molecule has 8 nitrogen and oxygen atoms in total. The van der Waals surface area contributed by atoms with Crippen LogP contribution in [0.2, 0.25) is 0 Å². The van der Waals surface area contributed by atoms with Crippen molar-refractivity contribution in [3.8, 4) is 5.75 Å². The van der Waals surface area contributed by atoms with E-state index in [1.807, 2.05) is 18.3 Å². The maximum atomic E-state index is 5.47. The molecule has 25 heavy (non-hydrogen) atoms. The van der Waals surface area contributed by atoms with Crippen LogP contribution in [0.4, 0.5) is 23.1 Å². The van der Waals surface area contributed by atoms with Crippen LogP contribution >= 0.6 is 0 Å². The van der Waals surface area contributed by atoms with Crippen LogP contribution in [0, 0.1) is 0 Å². The molecule has 3 heterocycles. The maximum absolute atomic E-state index is 5.47. The zero-order chi connectivity index (χ0) is 17.1. The van der Waals surface area contributed by atoms with Gasteiger partial charge in [-0.1, -0.05) is 0 Å². The molecule has 0 radical (unpaired) electrons. The number of anilines is 4. The number of hydrogen-bond donors (Lipinski definition) is 2. The summed E-state index contributed by atoms with van der Waals surface area (Å²) < 4.78 is 5.47. The summed E-state index contributed by atoms with van der Waals surface area (Å²) in [6, 6.07) is 5.78. The van der Waals surface area contributed by atoms with Crippen molar-refractivity contribution in [3.05, 3.63) is 54.2 Å². The number of ether oxygens (including phenoxy) is 1. The molecular weight excluding hydrogens is 318 g/mol. The van der Waals surface area contributed by atoms with Gasteiger partial charge >= 0.3 is 0 Å². The minimum atomic E-state index is 0.610. The first-order valence-electron chi connectivity index (χ1n) is 7.64. The molecule has 0 fully saturated rings. The summed E-state index contributed by atoms with van der Waals surface area (Å²) in [6.45, 7) is 0.686. The van der Waals surface area contributed by atoms with E-state index in [1.165, 1.54) is 6.33 Å². The first-order valence-corrected chi connectivity index (χ1v) is 7.64. The number of fused-ring (bicyclic) bond motifs is 1. The van der Waals surface area contributed by atoms with Crippen LogP contribution in [-0.4, -0.2) is 33.3 Å². The summed E-state index contributed by atoms with van der Waals surface area (Å²) in [7, 11) is 1.64. The monoisotopic (exact) mass is 333 g/mol. The second-order valence-electron chi connectivity index (χ2n) is 5.35. The number of aromatic nitrogens is 4. The van der Waals surface area contributed by atoms with Gasteiger partial charge in [0.25, 0.3) is 0 Å². The molecule has 2 N–H and O–H groups in total. The van der Waals surface area contributed by atoms with Crippen LogP contribution in [-0.2, 0) is 6.54 Å². The molecule has 1 aromatic carbocycles. The van der Waals surface area contributed by atoms with Crippen LogP contribution in [0.25, 0.3) is 0 Å². The molecular formula is C17H15N7O. The Morgan fingerprint density at radius 1 is 0.960 bits per heavy atom. The van der Waals surface area contributed by atoms with Crippen LogP contribution in [0.15, 0.2) is 48.1 Å². The number of hydrogen-bond acceptors (Lipinski definition) is 8. The van der Waals surface area contributed by atoms with E-state index in [-0.39, 0.29) is 0 Å². The topological polar surface area (TPSA) is 97.2 Å². The van der Waals surface area contributed by atoms with Crippen LogP contribution in [0.5, 0.6) is 5.75 Å². The van der Waals surface area contributed by atoms with Crippen molar-refractivity contribution in [3.63, 3.8) is 0 Å². The third-order valence-electron chi connectivity index (χ3n) is 3.70. The lowest BCUT2D eigenvalue weighted by atomic mass is 10.1. The lowest BCUT2D eigenvalue weighted by Crippen LogP contribution is -2.01. The first-order chi connectivity index (χ1) is 12.3. The lowest BCUT2D eigenvalue weighted by Gasteiger charge is -2.13. The third kappa shape index (κ3) is 3.23. The molecule has 0 saturated heterocycles. The highest BCUT2D eigenvalue weighted by Crippen LogP contribution is 2.32. The largest absolute Gasteiger partial charge is 0.495 e. The van der Waals surface area contributed by atoms with Gasteiger partial charge in [-0.15, -0.1) is 0 Å². The highest BCUT2D eigenvalue weighted by atomic mass is 16.5. The summed E-state index contributed by atoms with van der Waals surface area (Å²) in [5.41, 5.74) is 3.05. The number of nitrogens with one attached hydrogen (secondary N) is 2. The molecule has 4 rings (SSSR count). The molecule has 0 amide bonds. The van der Waals surface area contributed by atoms with Gasteiger partial charge in [0.2, 0.25) is 0 Å². The second-order valence-corrected chi connectivity index (χ2v) is 5.35. The van der Waals surface area contributed by atoms with Gasteiger partial charge in [-0.25, -0.2) is 15.0 Å². The minimum absolute atomic E-state index is 0.610. The van der Waals surface area contributed by atoms with Crippen LogP contribution in [0.1, 0.15) is 11.1 Å². The Kier molecular flexibility index (Phi) is 3.91. The van der Waals surface area contributed by atoms with E-state index in [4.69, 9.17) is 4.74 Å². The fraction of sp³-hybridized carbons (Fsp3) is 0.118. The Morgan fingerprint density at radius 3 is 2.64 bits per heavy atom. The van der Waals surface area contributed by atoms with E-state index < -0.39 is 0 Å². The normalized spacial score (nSPS) is 11.9. The predicted molar refractivity (Wildman–Crippen MR) is 94.9 cm³/mol. The van der Waals surface area contributed by atoms with Crippen LogP contribution in [0.3, 0.4) is 0 Å². The van der Waals surface area contributed by atoms with E-state index in [0.29, 0.717) is 24.0 Å². The molecule has 0 bridgehead atoms. The van der Waals surface area contributed by atoms with Gasteiger partial charge in [-0.05, 0) is 23.3 Å². The van der Waals surface area contributed by atoms with Crippen molar-refractivity contribution in [2.45, 2.75) is 6.54 Å². The maximum Gasteiger partial charge on any atom is 0.150 e. The van der Waals surface area contributed by atoms with Crippen molar-refractivity contribution < 1.29 is 4.74 Å². The van der Waals surface area contributed by atoms with E-state index in [0.717, 1.165) is 22.6 Å². The zero-order valence-corrected chi connectivity index (χ0v) is 13.5. The van der Waals surface area contributed by atoms with E-state index in [2.05, 4.69) is 35.6 Å². The summed E-state index contributed by atoms with van der Waals surface area (Å²) in [5, 5.41) is 6.35. The molecule has 2 aromatic heterocycles. The van der Waals surface area contributed by atoms with Gasteiger partial charge < -0.3 is 15.4 Å². The number of rotatable bonds is 5. The SMILES string of the molecule is COc1cc2c(cc1Nc1cc(Nc3cnccn3)ncn1)C=NC2. The van der Waals surface area contributed by atoms with Gasteiger partial charge in [0.05, 0.1) is 25.5 Å². The molecule has 0 saturated carbocycles. The highest BCUT2D eigenvalue weighted by molar-refractivity contribution is 5.88. The Bertz CT molecular complexity index is 928. The van der Waals surface area contributed by atoms with Gasteiger partial charge in [0.1, 0.15) is 29.5 Å². The molecule has 124 valence electrons. The van der Waals surface area contributed by atoms with Gasteiger partial charge in [0, 0.05) is 24.7 Å². The molecule has 0 aliphatic carbocycles. The molecule has 3 aromatic rings. The third-order valence-corrected chi connectivity index (χ3v) is 3.70. The molecule has 1 aliphatic heterocycles. The zero-order valence-electron chi connectivity index (χ0n) is 13.5. The van der Waals surface area contributed by atoms with E-state index in [9.17, 15) is 0 Å². The molecule has 1 aliphatic rings. The smallest absolute Gasteiger partial charge is 0.150 e. The van der Waals surface area contributed by atoms with Gasteiger partial charge in [0.15, 0.2) is 0 Å². The number of methoxy groups -OCH3 is 1. The second kappa shape index (κ2) is 6.52. The molecule has 0 atom stereocenters. The highest BCUT2D eigenvalue weighted by Gasteiger charge is 2.13. The predicted octanol–water partition coefficient (Wildman–Crippen LogP) is 2.69. The average molecular weight is 333 g/mol. The number of nitrogens with zero attached hydrogens (tertiary/aromatic N) is 5. The number of aliphatic imine (C=N–C) groups is 1. The van der Waals surface area contributed by atoms with E-state index >= 15 is 0 Å². The van der Waals surface area contributed by atoms with Crippen molar-refractivity contribution in [1.29, 1.82) is 0 Å². The Labute approximate surface area is 144 Å². The van der Waals surface area contributed by atoms with Crippen molar-refractivity contribution in [2.75, 3.05) is 17.7 Å². The first kappa shape index (κ1) is 15.0. The number of benzene rings is 1. The fourth-order valence-electron chi connectivity index (χ4n) is 2.53. The van der Waals surface area contributed by atoms with Crippen molar-refractivity contribution in [1.82, 2.24) is 19.9 Å². The fourth-order valence-corrected chi connectivity index (χ4v) is 2.53. The van der Waals surface area contributed by atoms with Gasteiger partial charge in [-0.3, -0.25) is 9.98 Å². The quantitative estimate of drug-likeness (QED) is 0.741. The summed E-state index contributed by atoms with van der Waals surface area (Å²) >= 11 is 0. The Balaban J connectivity index is 1.59. The summed E-state index contributed by atoms with van der Waals surface area (Å²) in [5.74, 6) is 2.60. The molecule has 8 heteroatoms. The molecule has 0 unspecified atom stereocenters. The Morgan fingerprint density at radius 2 is 1.84 bits per heavy atom. The Hall–Kier alpha value is -3.55. The van der Waals surface area contributed by atoms with E-state index in [1.54, 1.807) is 31.8 Å². The van der Waals surface area contributed by atoms with Gasteiger partial charge in [-0.2, -0.15) is 0 Å². The lowest BCUT2D eigenvalue weighted by molar-refractivity contribution is 0.416.